The number of aryl methyl sites for hydroxylation is 2. The lowest BCUT2D eigenvalue weighted by Gasteiger charge is -2.06. The van der Waals surface area contributed by atoms with Crippen LogP contribution >= 0.6 is 0 Å². The average molecular weight is 300 g/mol. The molecular weight excluding hydrogens is 284 g/mol. The zero-order valence-corrected chi connectivity index (χ0v) is 12.5. The van der Waals surface area contributed by atoms with Crippen molar-refractivity contribution in [3.05, 3.63) is 65.2 Å². The molecule has 0 radical (unpaired) electrons. The Labute approximate surface area is 125 Å². The van der Waals surface area contributed by atoms with Crippen LogP contribution in [0, 0.1) is 18.8 Å². The van der Waals surface area contributed by atoms with E-state index in [0.717, 1.165) is 11.1 Å². The third-order valence-electron chi connectivity index (χ3n) is 3.02. The van der Waals surface area contributed by atoms with Gasteiger partial charge in [-0.1, -0.05) is 47.7 Å². The summed E-state index contributed by atoms with van der Waals surface area (Å²) < 4.78 is 31.9. The minimum Gasteiger partial charge on any atom is -0.282 e. The van der Waals surface area contributed by atoms with Crippen LogP contribution in [-0.4, -0.2) is 13.0 Å². The van der Waals surface area contributed by atoms with Gasteiger partial charge in [-0.25, -0.2) is 0 Å². The van der Waals surface area contributed by atoms with Crippen molar-refractivity contribution in [3.8, 4) is 11.8 Å². The highest BCUT2D eigenvalue weighted by atomic mass is 32.2. The molecule has 4 heteroatoms. The van der Waals surface area contributed by atoms with Crippen LogP contribution in [0.4, 0.5) is 0 Å². The van der Waals surface area contributed by atoms with Crippen molar-refractivity contribution in [2.24, 2.45) is 0 Å². The molecule has 0 bridgehead atoms. The van der Waals surface area contributed by atoms with Crippen LogP contribution in [0.5, 0.6) is 0 Å². The topological polar surface area (TPSA) is 54.4 Å². The summed E-state index contributed by atoms with van der Waals surface area (Å²) in [5.41, 5.74) is 2.48. The van der Waals surface area contributed by atoms with E-state index in [1.165, 1.54) is 6.07 Å². The zero-order chi connectivity index (χ0) is 15.3. The summed E-state index contributed by atoms with van der Waals surface area (Å²) in [5, 5.41) is 0. The molecule has 0 aliphatic carbocycles. The first-order valence-electron chi connectivity index (χ1n) is 6.58. The van der Waals surface area contributed by atoms with Gasteiger partial charge in [0.1, 0.15) is 0 Å². The van der Waals surface area contributed by atoms with Gasteiger partial charge in [-0.05, 0) is 37.1 Å². The Morgan fingerprint density at radius 1 is 1.10 bits per heavy atom. The molecule has 0 aliphatic rings. The van der Waals surface area contributed by atoms with Gasteiger partial charge in [-0.2, -0.15) is 8.42 Å². The molecule has 2 aromatic carbocycles. The van der Waals surface area contributed by atoms with Crippen LogP contribution in [0.1, 0.15) is 23.1 Å². The average Bonchev–Trinajstić information content (AvgIpc) is 2.43. The standard InChI is InChI=1S/C17H16O3S/c1-14-11-12-17(21(18,19)20)16(13-14)10-6-5-9-15-7-3-2-4-8-15/h2-4,7-8,11-13H,6,10H2,1H3,(H,18,19,20). The number of benzene rings is 2. The number of hydrogen-bond donors (Lipinski definition) is 1. The molecular formula is C17H16O3S. The third-order valence-corrected chi connectivity index (χ3v) is 3.97. The Balaban J connectivity index is 2.14. The van der Waals surface area contributed by atoms with Gasteiger partial charge in [0.15, 0.2) is 0 Å². The quantitative estimate of drug-likeness (QED) is 0.699. The normalized spacial score (nSPS) is 10.8. The highest BCUT2D eigenvalue weighted by Gasteiger charge is 2.14. The summed E-state index contributed by atoms with van der Waals surface area (Å²) in [5.74, 6) is 6.05. The summed E-state index contributed by atoms with van der Waals surface area (Å²) in [6.45, 7) is 1.88. The van der Waals surface area contributed by atoms with E-state index < -0.39 is 10.1 Å². The third kappa shape index (κ3) is 4.45. The first-order chi connectivity index (χ1) is 9.97. The van der Waals surface area contributed by atoms with Crippen molar-refractivity contribution in [2.75, 3.05) is 0 Å². The van der Waals surface area contributed by atoms with Gasteiger partial charge < -0.3 is 0 Å². The molecule has 21 heavy (non-hydrogen) atoms. The molecule has 2 rings (SSSR count). The van der Waals surface area contributed by atoms with E-state index in [-0.39, 0.29) is 4.90 Å². The fourth-order valence-corrected chi connectivity index (χ4v) is 2.77. The second kappa shape index (κ2) is 6.57. The molecule has 1 N–H and O–H groups in total. The second-order valence-corrected chi connectivity index (χ2v) is 6.14. The number of rotatable bonds is 3. The Bertz CT molecular complexity index is 782. The van der Waals surface area contributed by atoms with Gasteiger partial charge in [0, 0.05) is 12.0 Å². The van der Waals surface area contributed by atoms with Crippen LogP contribution in [0.25, 0.3) is 0 Å². The molecule has 0 aromatic heterocycles. The van der Waals surface area contributed by atoms with E-state index in [1.54, 1.807) is 12.1 Å². The molecule has 0 spiro atoms. The highest BCUT2D eigenvalue weighted by Crippen LogP contribution is 2.18. The molecule has 0 atom stereocenters. The Kier molecular flexibility index (Phi) is 4.79. The lowest BCUT2D eigenvalue weighted by Crippen LogP contribution is -2.03. The van der Waals surface area contributed by atoms with E-state index in [0.29, 0.717) is 18.4 Å². The van der Waals surface area contributed by atoms with Gasteiger partial charge >= 0.3 is 0 Å². The van der Waals surface area contributed by atoms with Gasteiger partial charge in [-0.3, -0.25) is 4.55 Å². The SMILES string of the molecule is Cc1ccc(S(=O)(=O)O)c(CCC#Cc2ccccc2)c1. The first-order valence-corrected chi connectivity index (χ1v) is 8.02. The fraction of sp³-hybridized carbons (Fsp3) is 0.176. The van der Waals surface area contributed by atoms with Gasteiger partial charge in [0.2, 0.25) is 0 Å². The molecule has 3 nitrogen and oxygen atoms in total. The zero-order valence-electron chi connectivity index (χ0n) is 11.7. The first kappa shape index (κ1) is 15.3. The monoisotopic (exact) mass is 300 g/mol. The van der Waals surface area contributed by atoms with Crippen molar-refractivity contribution in [2.45, 2.75) is 24.7 Å². The van der Waals surface area contributed by atoms with Crippen molar-refractivity contribution < 1.29 is 13.0 Å². The predicted molar refractivity (Wildman–Crippen MR) is 82.6 cm³/mol. The van der Waals surface area contributed by atoms with E-state index >= 15 is 0 Å². The van der Waals surface area contributed by atoms with Crippen LogP contribution < -0.4 is 0 Å². The molecule has 2 aromatic rings. The summed E-state index contributed by atoms with van der Waals surface area (Å²) in [4.78, 5) is -0.0328. The van der Waals surface area contributed by atoms with Crippen LogP contribution in [0.15, 0.2) is 53.4 Å². The highest BCUT2D eigenvalue weighted by molar-refractivity contribution is 7.85. The fourth-order valence-electron chi connectivity index (χ4n) is 2.04. The van der Waals surface area contributed by atoms with Crippen LogP contribution in [-0.2, 0) is 16.5 Å². The lowest BCUT2D eigenvalue weighted by molar-refractivity contribution is 0.482. The molecule has 0 unspecified atom stereocenters. The van der Waals surface area contributed by atoms with E-state index in [4.69, 9.17) is 0 Å². The molecule has 0 heterocycles. The van der Waals surface area contributed by atoms with Crippen LogP contribution in [0.2, 0.25) is 0 Å². The lowest BCUT2D eigenvalue weighted by atomic mass is 10.1. The maximum absolute atomic E-state index is 11.3. The van der Waals surface area contributed by atoms with Crippen LogP contribution in [0.3, 0.4) is 0 Å². The number of hydrogen-bond acceptors (Lipinski definition) is 2. The summed E-state index contributed by atoms with van der Waals surface area (Å²) >= 11 is 0. The minimum atomic E-state index is -4.19. The molecule has 0 fully saturated rings. The predicted octanol–water partition coefficient (Wildman–Crippen LogP) is 3.23. The van der Waals surface area contributed by atoms with Crippen molar-refractivity contribution in [1.29, 1.82) is 0 Å². The second-order valence-electron chi connectivity index (χ2n) is 4.75. The van der Waals surface area contributed by atoms with E-state index in [9.17, 15) is 13.0 Å². The maximum atomic E-state index is 11.3. The Morgan fingerprint density at radius 2 is 1.81 bits per heavy atom. The maximum Gasteiger partial charge on any atom is 0.294 e. The molecule has 0 amide bonds. The molecule has 0 saturated heterocycles. The van der Waals surface area contributed by atoms with Gasteiger partial charge in [0.05, 0.1) is 4.90 Å². The van der Waals surface area contributed by atoms with Crippen molar-refractivity contribution >= 4 is 10.1 Å². The Morgan fingerprint density at radius 3 is 2.48 bits per heavy atom. The van der Waals surface area contributed by atoms with Crippen molar-refractivity contribution in [1.82, 2.24) is 0 Å². The summed E-state index contributed by atoms with van der Waals surface area (Å²) in [7, 11) is -4.19. The summed E-state index contributed by atoms with van der Waals surface area (Å²) in [6.07, 6.45) is 1.01. The molecule has 0 saturated carbocycles. The minimum absolute atomic E-state index is 0.0328. The van der Waals surface area contributed by atoms with E-state index in [1.807, 2.05) is 37.3 Å². The largest absolute Gasteiger partial charge is 0.294 e. The van der Waals surface area contributed by atoms with Crippen molar-refractivity contribution in [3.63, 3.8) is 0 Å². The smallest absolute Gasteiger partial charge is 0.282 e. The Hall–Kier alpha value is -2.09. The molecule has 0 aliphatic heterocycles. The molecule has 108 valence electrons. The van der Waals surface area contributed by atoms with E-state index in [2.05, 4.69) is 11.8 Å². The summed E-state index contributed by atoms with van der Waals surface area (Å²) in [6, 6.07) is 14.5. The van der Waals surface area contributed by atoms with Gasteiger partial charge in [-0.15, -0.1) is 0 Å². The van der Waals surface area contributed by atoms with Gasteiger partial charge in [0.25, 0.3) is 10.1 Å².